The summed E-state index contributed by atoms with van der Waals surface area (Å²) in [4.78, 5) is 34.3. The number of hydrogen-bond donors (Lipinski definition) is 2. The van der Waals surface area contributed by atoms with Crippen molar-refractivity contribution in [3.8, 4) is 11.3 Å². The standard InChI is InChI=1S/C31H34N8O3S2/c40-31(28-17-22(8-9-32-28)19-37-10-1-3-25(20-37)39-11-2-14-44(39)42)35-24-6-4-23(5-7-24)27-18-26-29(36-27)33-21-34-30(26)38-12-15-43(41)16-13-38/h2,4-9,14,17-18,21,25H,1,3,10-13,15-16,19-20H2,(H,35,40)(H,33,34,36). The van der Waals surface area contributed by atoms with Gasteiger partial charge in [-0.05, 0) is 60.8 Å². The summed E-state index contributed by atoms with van der Waals surface area (Å²) >= 11 is 0. The molecule has 0 spiro atoms. The number of aromatic nitrogens is 4. The third-order valence-corrected chi connectivity index (χ3v) is 11.0. The third kappa shape index (κ3) is 6.23. The molecular weight excluding hydrogens is 597 g/mol. The Balaban J connectivity index is 0.997. The summed E-state index contributed by atoms with van der Waals surface area (Å²) < 4.78 is 26.2. The largest absolute Gasteiger partial charge is 0.354 e. The van der Waals surface area contributed by atoms with Crippen LogP contribution in [0.25, 0.3) is 22.3 Å². The van der Waals surface area contributed by atoms with Gasteiger partial charge < -0.3 is 15.2 Å². The Morgan fingerprint density at radius 3 is 2.66 bits per heavy atom. The van der Waals surface area contributed by atoms with Crippen molar-refractivity contribution in [3.63, 3.8) is 0 Å². The lowest BCUT2D eigenvalue weighted by Gasteiger charge is -2.36. The monoisotopic (exact) mass is 630 g/mol. The van der Waals surface area contributed by atoms with Crippen molar-refractivity contribution in [3.05, 3.63) is 77.7 Å². The van der Waals surface area contributed by atoms with Gasteiger partial charge in [-0.25, -0.2) is 18.5 Å². The fourth-order valence-electron chi connectivity index (χ4n) is 6.15. The number of amides is 1. The van der Waals surface area contributed by atoms with E-state index in [1.54, 1.807) is 17.9 Å². The lowest BCUT2D eigenvalue weighted by atomic mass is 10.0. The minimum atomic E-state index is -1.02. The molecule has 44 heavy (non-hydrogen) atoms. The molecule has 1 amide bonds. The topological polar surface area (TPSA) is 127 Å². The number of benzene rings is 1. The Hall–Kier alpha value is -3.78. The zero-order valence-electron chi connectivity index (χ0n) is 24.2. The van der Waals surface area contributed by atoms with Gasteiger partial charge in [0.15, 0.2) is 0 Å². The quantitative estimate of drug-likeness (QED) is 0.319. The van der Waals surface area contributed by atoms with Gasteiger partial charge in [0.05, 0.1) is 5.39 Å². The number of H-pyrrole nitrogens is 1. The minimum absolute atomic E-state index is 0.261. The van der Waals surface area contributed by atoms with Gasteiger partial charge in [-0.3, -0.25) is 18.9 Å². The van der Waals surface area contributed by atoms with Crippen LogP contribution in [-0.2, 0) is 28.3 Å². The number of carbonyl (C=O) groups is 1. The highest BCUT2D eigenvalue weighted by atomic mass is 32.2. The van der Waals surface area contributed by atoms with Gasteiger partial charge in [0.2, 0.25) is 0 Å². The van der Waals surface area contributed by atoms with Crippen LogP contribution < -0.4 is 10.2 Å². The maximum atomic E-state index is 13.1. The molecule has 4 aromatic rings. The van der Waals surface area contributed by atoms with Crippen LogP contribution in [0.2, 0.25) is 0 Å². The summed E-state index contributed by atoms with van der Waals surface area (Å²) in [6, 6.07) is 13.8. The average Bonchev–Trinajstić information content (AvgIpc) is 3.68. The normalized spacial score (nSPS) is 21.7. The van der Waals surface area contributed by atoms with Crippen molar-refractivity contribution in [2.75, 3.05) is 54.4 Å². The number of likely N-dealkylation sites (tertiary alicyclic amines) is 1. The zero-order chi connectivity index (χ0) is 30.0. The van der Waals surface area contributed by atoms with Gasteiger partial charge >= 0.3 is 0 Å². The van der Waals surface area contributed by atoms with E-state index in [0.29, 0.717) is 36.0 Å². The molecule has 11 nitrogen and oxygen atoms in total. The Kier molecular flexibility index (Phi) is 8.35. The van der Waals surface area contributed by atoms with E-state index in [-0.39, 0.29) is 11.9 Å². The molecule has 6 heterocycles. The maximum absolute atomic E-state index is 13.1. The van der Waals surface area contributed by atoms with Crippen LogP contribution in [-0.4, -0.2) is 93.7 Å². The number of nitrogens with one attached hydrogen (secondary N) is 2. The van der Waals surface area contributed by atoms with Crippen LogP contribution in [0.3, 0.4) is 0 Å². The van der Waals surface area contributed by atoms with Crippen LogP contribution >= 0.6 is 0 Å². The summed E-state index contributed by atoms with van der Waals surface area (Å²) in [5.74, 6) is 1.89. The lowest BCUT2D eigenvalue weighted by molar-refractivity contribution is 0.102. The van der Waals surface area contributed by atoms with Crippen molar-refractivity contribution in [2.24, 2.45) is 0 Å². The van der Waals surface area contributed by atoms with E-state index in [2.05, 4.69) is 39.4 Å². The first-order valence-electron chi connectivity index (χ1n) is 14.9. The van der Waals surface area contributed by atoms with Crippen LogP contribution in [0.4, 0.5) is 11.5 Å². The Bertz CT molecular complexity index is 1750. The molecule has 0 aliphatic carbocycles. The van der Waals surface area contributed by atoms with Crippen LogP contribution in [0, 0.1) is 0 Å². The second-order valence-electron chi connectivity index (χ2n) is 11.3. The molecule has 7 rings (SSSR count). The minimum Gasteiger partial charge on any atom is -0.354 e. The van der Waals surface area contributed by atoms with Crippen LogP contribution in [0.1, 0.15) is 28.9 Å². The van der Waals surface area contributed by atoms with Gasteiger partial charge in [-0.2, -0.15) is 0 Å². The molecule has 2 N–H and O–H groups in total. The first kappa shape index (κ1) is 29.0. The smallest absolute Gasteiger partial charge is 0.274 e. The molecule has 0 radical (unpaired) electrons. The number of aromatic amines is 1. The highest BCUT2D eigenvalue weighted by Gasteiger charge is 2.29. The van der Waals surface area contributed by atoms with Crippen LogP contribution in [0.15, 0.2) is 66.5 Å². The molecule has 228 valence electrons. The number of carbonyl (C=O) groups excluding carboxylic acids is 1. The van der Waals surface area contributed by atoms with Crippen molar-refractivity contribution < 1.29 is 13.2 Å². The number of piperidine rings is 1. The molecule has 2 saturated heterocycles. The number of rotatable bonds is 7. The summed E-state index contributed by atoms with van der Waals surface area (Å²) in [6.07, 6.45) is 7.33. The second kappa shape index (κ2) is 12.7. The fraction of sp³-hybridized carbons (Fsp3) is 0.355. The van der Waals surface area contributed by atoms with E-state index in [1.807, 2.05) is 48.5 Å². The van der Waals surface area contributed by atoms with E-state index in [9.17, 15) is 13.2 Å². The first-order valence-corrected chi connectivity index (χ1v) is 17.5. The molecule has 3 aliphatic rings. The molecule has 2 atom stereocenters. The number of nitrogens with zero attached hydrogens (tertiary/aromatic N) is 6. The molecule has 3 aliphatic heterocycles. The van der Waals surface area contributed by atoms with E-state index < -0.39 is 21.8 Å². The maximum Gasteiger partial charge on any atom is 0.274 e. The summed E-state index contributed by atoms with van der Waals surface area (Å²) in [6.45, 7) is 4.72. The van der Waals surface area contributed by atoms with E-state index in [4.69, 9.17) is 0 Å². The molecular formula is C31H34N8O3S2. The lowest BCUT2D eigenvalue weighted by Crippen LogP contribution is -2.46. The molecule has 2 fully saturated rings. The molecule has 0 bridgehead atoms. The fourth-order valence-corrected chi connectivity index (χ4v) is 8.31. The van der Waals surface area contributed by atoms with Crippen molar-refractivity contribution in [1.82, 2.24) is 29.1 Å². The van der Waals surface area contributed by atoms with Crippen LogP contribution in [0.5, 0.6) is 0 Å². The van der Waals surface area contributed by atoms with Gasteiger partial charge in [0, 0.05) is 84.1 Å². The SMILES string of the molecule is O=C(Nc1ccc(-c2cc3c(N4CCS(=O)CC4)ncnc3[nH]2)cc1)c1cc(CN2CCCC(N3CC=CS3=O)C2)ccn1. The summed E-state index contributed by atoms with van der Waals surface area (Å²) in [7, 11) is -1.78. The van der Waals surface area contributed by atoms with Crippen molar-refractivity contribution in [1.29, 1.82) is 0 Å². The van der Waals surface area contributed by atoms with Crippen molar-refractivity contribution in [2.45, 2.75) is 25.4 Å². The summed E-state index contributed by atoms with van der Waals surface area (Å²) in [5.41, 5.74) is 4.69. The van der Waals surface area contributed by atoms with E-state index in [1.165, 1.54) is 0 Å². The summed E-state index contributed by atoms with van der Waals surface area (Å²) in [5, 5.41) is 5.68. The Morgan fingerprint density at radius 2 is 1.86 bits per heavy atom. The van der Waals surface area contributed by atoms with E-state index >= 15 is 0 Å². The number of pyridine rings is 1. The molecule has 3 aromatic heterocycles. The van der Waals surface area contributed by atoms with Gasteiger partial charge in [0.25, 0.3) is 5.91 Å². The molecule has 2 unspecified atom stereocenters. The predicted molar refractivity (Wildman–Crippen MR) is 174 cm³/mol. The predicted octanol–water partition coefficient (Wildman–Crippen LogP) is 3.30. The van der Waals surface area contributed by atoms with Gasteiger partial charge in [-0.1, -0.05) is 18.2 Å². The molecule has 0 saturated carbocycles. The second-order valence-corrected chi connectivity index (χ2v) is 14.3. The van der Waals surface area contributed by atoms with Crippen molar-refractivity contribution >= 4 is 50.2 Å². The van der Waals surface area contributed by atoms with Gasteiger partial charge in [0.1, 0.15) is 34.5 Å². The third-order valence-electron chi connectivity index (χ3n) is 8.42. The van der Waals surface area contributed by atoms with E-state index in [0.717, 1.165) is 72.7 Å². The Labute approximate surface area is 260 Å². The zero-order valence-corrected chi connectivity index (χ0v) is 25.9. The average molecular weight is 631 g/mol. The molecule has 1 aromatic carbocycles. The highest BCUT2D eigenvalue weighted by Crippen LogP contribution is 2.30. The number of anilines is 2. The number of fused-ring (bicyclic) bond motifs is 1. The van der Waals surface area contributed by atoms with Gasteiger partial charge in [-0.15, -0.1) is 0 Å². The Morgan fingerprint density at radius 1 is 1.02 bits per heavy atom. The first-order chi connectivity index (χ1) is 21.5. The molecule has 13 heteroatoms. The highest BCUT2D eigenvalue weighted by molar-refractivity contribution is 7.86. The number of hydrogen-bond acceptors (Lipinski definition) is 8.